The third-order valence-electron chi connectivity index (χ3n) is 4.50. The summed E-state index contributed by atoms with van der Waals surface area (Å²) in [5, 5.41) is 12.2. The lowest BCUT2D eigenvalue weighted by atomic mass is 10.0. The van der Waals surface area contributed by atoms with Gasteiger partial charge in [-0.15, -0.1) is 0 Å². The second kappa shape index (κ2) is 9.67. The molecule has 3 rings (SSSR count). The Labute approximate surface area is 159 Å². The molecule has 0 atom stereocenters. The van der Waals surface area contributed by atoms with Crippen LogP contribution >= 0.6 is 0 Å². The van der Waals surface area contributed by atoms with Crippen molar-refractivity contribution in [3.63, 3.8) is 0 Å². The van der Waals surface area contributed by atoms with Crippen LogP contribution in [0.15, 0.2) is 78.9 Å². The zero-order valence-electron chi connectivity index (χ0n) is 15.2. The van der Waals surface area contributed by atoms with Crippen molar-refractivity contribution in [3.8, 4) is 11.1 Å². The summed E-state index contributed by atoms with van der Waals surface area (Å²) < 4.78 is 0. The maximum atomic E-state index is 11.4. The number of carbonyl (C=O) groups is 1. The lowest BCUT2D eigenvalue weighted by Crippen LogP contribution is -2.18. The highest BCUT2D eigenvalue weighted by molar-refractivity contribution is 5.93. The molecule has 27 heavy (non-hydrogen) atoms. The molecule has 138 valence electrons. The minimum absolute atomic E-state index is 0.428. The molecule has 0 bridgehead atoms. The summed E-state index contributed by atoms with van der Waals surface area (Å²) in [7, 11) is 0. The molecular weight excluding hydrogens is 336 g/mol. The van der Waals surface area contributed by atoms with Crippen molar-refractivity contribution in [1.29, 1.82) is 0 Å². The molecule has 3 N–H and O–H groups in total. The maximum Gasteiger partial charge on any atom is 0.274 e. The number of hydrogen-bond donors (Lipinski definition) is 3. The van der Waals surface area contributed by atoms with Gasteiger partial charge >= 0.3 is 0 Å². The molecule has 0 unspecified atom stereocenters. The quantitative estimate of drug-likeness (QED) is 0.321. The van der Waals surface area contributed by atoms with E-state index in [4.69, 9.17) is 5.21 Å². The molecule has 1 amide bonds. The molecule has 0 heterocycles. The van der Waals surface area contributed by atoms with Gasteiger partial charge in [0, 0.05) is 12.1 Å². The van der Waals surface area contributed by atoms with Gasteiger partial charge in [-0.25, -0.2) is 5.48 Å². The molecule has 0 saturated carbocycles. The van der Waals surface area contributed by atoms with Crippen LogP contribution in [0.3, 0.4) is 0 Å². The smallest absolute Gasteiger partial charge is 0.274 e. The van der Waals surface area contributed by atoms with Crippen molar-refractivity contribution in [2.75, 3.05) is 6.54 Å². The molecule has 4 nitrogen and oxygen atoms in total. The van der Waals surface area contributed by atoms with Gasteiger partial charge in [-0.1, -0.05) is 60.7 Å². The second-order valence-electron chi connectivity index (χ2n) is 6.48. The van der Waals surface area contributed by atoms with Crippen LogP contribution in [-0.4, -0.2) is 17.7 Å². The normalized spacial score (nSPS) is 10.6. The van der Waals surface area contributed by atoms with Crippen molar-refractivity contribution in [2.24, 2.45) is 0 Å². The van der Waals surface area contributed by atoms with Crippen LogP contribution in [0, 0.1) is 0 Å². The second-order valence-corrected chi connectivity index (χ2v) is 6.48. The molecule has 0 aliphatic heterocycles. The van der Waals surface area contributed by atoms with Crippen molar-refractivity contribution in [2.45, 2.75) is 19.4 Å². The summed E-state index contributed by atoms with van der Waals surface area (Å²) in [5.74, 6) is -0.505. The average molecular weight is 360 g/mol. The van der Waals surface area contributed by atoms with Gasteiger partial charge in [-0.05, 0) is 59.8 Å². The Kier molecular flexibility index (Phi) is 6.74. The van der Waals surface area contributed by atoms with E-state index < -0.39 is 5.91 Å². The van der Waals surface area contributed by atoms with Gasteiger partial charge in [-0.2, -0.15) is 0 Å². The highest BCUT2D eigenvalue weighted by Gasteiger charge is 2.05. The monoisotopic (exact) mass is 360 g/mol. The largest absolute Gasteiger partial charge is 0.313 e. The topological polar surface area (TPSA) is 61.4 Å². The van der Waals surface area contributed by atoms with Gasteiger partial charge in [0.15, 0.2) is 0 Å². The number of carbonyl (C=O) groups excluding carboxylic acids is 1. The van der Waals surface area contributed by atoms with Gasteiger partial charge in [-0.3, -0.25) is 10.0 Å². The van der Waals surface area contributed by atoms with Crippen LogP contribution in [0.1, 0.15) is 27.9 Å². The minimum atomic E-state index is -0.505. The van der Waals surface area contributed by atoms with E-state index in [2.05, 4.69) is 47.8 Å². The first-order chi connectivity index (χ1) is 13.3. The zero-order valence-corrected chi connectivity index (χ0v) is 15.2. The van der Waals surface area contributed by atoms with E-state index in [1.807, 2.05) is 24.3 Å². The number of hydrogen-bond acceptors (Lipinski definition) is 3. The van der Waals surface area contributed by atoms with Gasteiger partial charge < -0.3 is 5.32 Å². The Hall–Kier alpha value is -2.95. The van der Waals surface area contributed by atoms with Crippen LogP contribution in [0.5, 0.6) is 0 Å². The standard InChI is InChI=1S/C23H24N2O2/c26-23(25-27)21-13-11-20(12-14-21)22-10-4-8-19(16-22)17-24-15-5-9-18-6-2-1-3-7-18/h1-4,6-8,10-14,16,24,27H,5,9,15,17H2,(H,25,26). The molecule has 3 aromatic carbocycles. The molecule has 0 spiro atoms. The molecular formula is C23H24N2O2. The van der Waals surface area contributed by atoms with Gasteiger partial charge in [0.25, 0.3) is 5.91 Å². The third-order valence-corrected chi connectivity index (χ3v) is 4.50. The van der Waals surface area contributed by atoms with Crippen LogP contribution in [0.25, 0.3) is 11.1 Å². The van der Waals surface area contributed by atoms with E-state index in [9.17, 15) is 4.79 Å². The Bertz CT molecular complexity index is 861. The van der Waals surface area contributed by atoms with E-state index in [0.29, 0.717) is 5.56 Å². The molecule has 0 aliphatic rings. The molecule has 0 radical (unpaired) electrons. The van der Waals surface area contributed by atoms with Gasteiger partial charge in [0.1, 0.15) is 0 Å². The van der Waals surface area contributed by atoms with E-state index >= 15 is 0 Å². The van der Waals surface area contributed by atoms with Crippen LogP contribution in [0.2, 0.25) is 0 Å². The molecule has 0 aromatic heterocycles. The Morgan fingerprint density at radius 1 is 0.815 bits per heavy atom. The molecule has 0 saturated heterocycles. The summed E-state index contributed by atoms with van der Waals surface area (Å²) in [6.45, 7) is 1.80. The fourth-order valence-corrected chi connectivity index (χ4v) is 3.03. The van der Waals surface area contributed by atoms with E-state index in [-0.39, 0.29) is 0 Å². The highest BCUT2D eigenvalue weighted by Crippen LogP contribution is 2.21. The molecule has 0 fully saturated rings. The Balaban J connectivity index is 1.52. The first-order valence-corrected chi connectivity index (χ1v) is 9.15. The average Bonchev–Trinajstić information content (AvgIpc) is 2.74. The number of aryl methyl sites for hydroxylation is 1. The number of amides is 1. The molecule has 0 aliphatic carbocycles. The number of rotatable bonds is 8. The van der Waals surface area contributed by atoms with Crippen molar-refractivity contribution < 1.29 is 10.0 Å². The third kappa shape index (κ3) is 5.51. The summed E-state index contributed by atoms with van der Waals surface area (Å²) in [4.78, 5) is 11.4. The first-order valence-electron chi connectivity index (χ1n) is 9.15. The van der Waals surface area contributed by atoms with E-state index in [1.54, 1.807) is 17.6 Å². The highest BCUT2D eigenvalue weighted by atomic mass is 16.5. The van der Waals surface area contributed by atoms with E-state index in [1.165, 1.54) is 11.1 Å². The predicted molar refractivity (Wildman–Crippen MR) is 108 cm³/mol. The lowest BCUT2D eigenvalue weighted by Gasteiger charge is -2.08. The summed E-state index contributed by atoms with van der Waals surface area (Å²) >= 11 is 0. The predicted octanol–water partition coefficient (Wildman–Crippen LogP) is 4.20. The molecule has 4 heteroatoms. The lowest BCUT2D eigenvalue weighted by molar-refractivity contribution is 0.0706. The minimum Gasteiger partial charge on any atom is -0.313 e. The van der Waals surface area contributed by atoms with Crippen LogP contribution < -0.4 is 10.8 Å². The molecule has 3 aromatic rings. The van der Waals surface area contributed by atoms with Crippen molar-refractivity contribution >= 4 is 5.91 Å². The fraction of sp³-hybridized carbons (Fsp3) is 0.174. The van der Waals surface area contributed by atoms with Crippen LogP contribution in [-0.2, 0) is 13.0 Å². The Morgan fingerprint density at radius 3 is 2.30 bits per heavy atom. The van der Waals surface area contributed by atoms with Crippen molar-refractivity contribution in [3.05, 3.63) is 95.6 Å². The summed E-state index contributed by atoms with van der Waals surface area (Å²) in [6, 6.07) is 26.1. The summed E-state index contributed by atoms with van der Waals surface area (Å²) in [5.41, 5.74) is 6.82. The van der Waals surface area contributed by atoms with Crippen LogP contribution in [0.4, 0.5) is 0 Å². The number of hydroxylamine groups is 1. The van der Waals surface area contributed by atoms with Crippen molar-refractivity contribution in [1.82, 2.24) is 10.8 Å². The zero-order chi connectivity index (χ0) is 18.9. The number of benzene rings is 3. The van der Waals surface area contributed by atoms with E-state index in [0.717, 1.165) is 37.1 Å². The SMILES string of the molecule is O=C(NO)c1ccc(-c2cccc(CNCCCc3ccccc3)c2)cc1. The van der Waals surface area contributed by atoms with Gasteiger partial charge in [0.05, 0.1) is 0 Å². The summed E-state index contributed by atoms with van der Waals surface area (Å²) in [6.07, 6.45) is 2.19. The maximum absolute atomic E-state index is 11.4. The fourth-order valence-electron chi connectivity index (χ4n) is 3.03. The Morgan fingerprint density at radius 2 is 1.56 bits per heavy atom. The first kappa shape index (κ1) is 18.8. The number of nitrogens with one attached hydrogen (secondary N) is 2. The van der Waals surface area contributed by atoms with Gasteiger partial charge in [0.2, 0.25) is 0 Å².